The second-order valence-corrected chi connectivity index (χ2v) is 7.24. The number of thioether (sulfide) groups is 1. The van der Waals surface area contributed by atoms with Crippen molar-refractivity contribution in [2.45, 2.75) is 50.9 Å². The number of hydrogen-bond donors (Lipinski definition) is 2. The molecule has 2 atom stereocenters. The number of carbonyl (C=O) groups is 2. The van der Waals surface area contributed by atoms with E-state index in [-0.39, 0.29) is 11.4 Å². The summed E-state index contributed by atoms with van der Waals surface area (Å²) in [5, 5.41) is 12.2. The summed E-state index contributed by atoms with van der Waals surface area (Å²) in [5.74, 6) is 0.736. The van der Waals surface area contributed by atoms with Gasteiger partial charge >= 0.3 is 12.0 Å². The summed E-state index contributed by atoms with van der Waals surface area (Å²) < 4.78 is 0. The van der Waals surface area contributed by atoms with E-state index >= 15 is 0 Å². The molecule has 0 aromatic carbocycles. The SMILES string of the molecule is CC(C)CCCNC(=O)N1C(C(=O)O)CSC1C1CC1. The molecule has 5 nitrogen and oxygen atoms in total. The zero-order valence-electron chi connectivity index (χ0n) is 12.2. The molecule has 2 N–H and O–H groups in total. The molecule has 1 saturated heterocycles. The van der Waals surface area contributed by atoms with E-state index in [1.54, 1.807) is 16.7 Å². The topological polar surface area (TPSA) is 69.6 Å². The number of amides is 2. The lowest BCUT2D eigenvalue weighted by Crippen LogP contribution is -2.50. The van der Waals surface area contributed by atoms with E-state index in [2.05, 4.69) is 19.2 Å². The van der Waals surface area contributed by atoms with E-state index in [9.17, 15) is 14.7 Å². The van der Waals surface area contributed by atoms with Gasteiger partial charge in [0.1, 0.15) is 6.04 Å². The Kier molecular flexibility index (Phi) is 5.18. The Bertz CT molecular complexity index is 371. The van der Waals surface area contributed by atoms with Crippen molar-refractivity contribution in [1.82, 2.24) is 10.2 Å². The number of nitrogens with zero attached hydrogens (tertiary/aromatic N) is 1. The second-order valence-electron chi connectivity index (χ2n) is 6.09. The Balaban J connectivity index is 1.88. The lowest BCUT2D eigenvalue weighted by molar-refractivity contribution is -0.141. The fraction of sp³-hybridized carbons (Fsp3) is 0.857. The first-order valence-electron chi connectivity index (χ1n) is 7.41. The van der Waals surface area contributed by atoms with Gasteiger partial charge in [-0.1, -0.05) is 13.8 Å². The standard InChI is InChI=1S/C14H24N2O3S/c1-9(2)4-3-7-15-14(19)16-11(13(17)18)8-20-12(16)10-5-6-10/h9-12H,3-8H2,1-2H3,(H,15,19)(H,17,18). The van der Waals surface area contributed by atoms with Crippen LogP contribution in [0.1, 0.15) is 39.5 Å². The molecule has 0 aromatic rings. The molecule has 2 aliphatic rings. The van der Waals surface area contributed by atoms with Gasteiger partial charge in [-0.2, -0.15) is 0 Å². The summed E-state index contributed by atoms with van der Waals surface area (Å²) >= 11 is 1.61. The Labute approximate surface area is 124 Å². The van der Waals surface area contributed by atoms with Crippen molar-refractivity contribution in [3.63, 3.8) is 0 Å². The number of carboxylic acid groups (broad SMARTS) is 1. The van der Waals surface area contributed by atoms with Crippen LogP contribution in [-0.4, -0.2) is 45.7 Å². The maximum atomic E-state index is 12.3. The normalized spacial score (nSPS) is 26.1. The summed E-state index contributed by atoms with van der Waals surface area (Å²) in [6.07, 6.45) is 4.24. The van der Waals surface area contributed by atoms with Crippen molar-refractivity contribution < 1.29 is 14.7 Å². The highest BCUT2D eigenvalue weighted by Crippen LogP contribution is 2.45. The van der Waals surface area contributed by atoms with Gasteiger partial charge in [-0.3, -0.25) is 4.90 Å². The lowest BCUT2D eigenvalue weighted by atomic mass is 10.1. The number of nitrogens with one attached hydrogen (secondary N) is 1. The monoisotopic (exact) mass is 300 g/mol. The summed E-state index contributed by atoms with van der Waals surface area (Å²) in [6, 6.07) is -0.876. The molecule has 0 spiro atoms. The Morgan fingerprint density at radius 2 is 2.10 bits per heavy atom. The number of carboxylic acids is 1. The van der Waals surface area contributed by atoms with Crippen LogP contribution in [0.5, 0.6) is 0 Å². The minimum absolute atomic E-state index is 0.0567. The van der Waals surface area contributed by atoms with E-state index in [4.69, 9.17) is 0 Å². The summed E-state index contributed by atoms with van der Waals surface area (Å²) in [7, 11) is 0. The largest absolute Gasteiger partial charge is 0.480 e. The predicted octanol–water partition coefficient (Wildman–Crippen LogP) is 2.37. The van der Waals surface area contributed by atoms with Crippen LogP contribution in [0.4, 0.5) is 4.79 Å². The van der Waals surface area contributed by atoms with Crippen LogP contribution in [0.25, 0.3) is 0 Å². The third kappa shape index (κ3) is 3.81. The van der Waals surface area contributed by atoms with Gasteiger partial charge < -0.3 is 10.4 Å². The van der Waals surface area contributed by atoms with Crippen molar-refractivity contribution in [3.05, 3.63) is 0 Å². The second kappa shape index (κ2) is 6.70. The van der Waals surface area contributed by atoms with Crippen LogP contribution >= 0.6 is 11.8 Å². The molecule has 2 amide bonds. The maximum absolute atomic E-state index is 12.3. The number of urea groups is 1. The van der Waals surface area contributed by atoms with E-state index in [1.165, 1.54) is 0 Å². The van der Waals surface area contributed by atoms with Gasteiger partial charge in [-0.25, -0.2) is 9.59 Å². The van der Waals surface area contributed by atoms with E-state index in [0.29, 0.717) is 24.1 Å². The molecule has 1 heterocycles. The highest BCUT2D eigenvalue weighted by Gasteiger charge is 2.47. The molecule has 2 unspecified atom stereocenters. The summed E-state index contributed by atoms with van der Waals surface area (Å²) in [5.41, 5.74) is 0. The number of hydrogen-bond acceptors (Lipinski definition) is 3. The quantitative estimate of drug-likeness (QED) is 0.739. The van der Waals surface area contributed by atoms with E-state index in [1.807, 2.05) is 0 Å². The van der Waals surface area contributed by atoms with Crippen LogP contribution in [0, 0.1) is 11.8 Å². The highest BCUT2D eigenvalue weighted by atomic mass is 32.2. The van der Waals surface area contributed by atoms with Gasteiger partial charge in [0, 0.05) is 12.3 Å². The molecule has 2 fully saturated rings. The molecule has 0 radical (unpaired) electrons. The minimum atomic E-state index is -0.891. The third-order valence-corrected chi connectivity index (χ3v) is 5.28. The molecule has 1 saturated carbocycles. The Morgan fingerprint density at radius 1 is 1.40 bits per heavy atom. The first-order chi connectivity index (χ1) is 9.50. The zero-order valence-corrected chi connectivity index (χ0v) is 13.0. The molecule has 20 heavy (non-hydrogen) atoms. The molecule has 1 aliphatic carbocycles. The third-order valence-electron chi connectivity index (χ3n) is 3.81. The van der Waals surface area contributed by atoms with Gasteiger partial charge in [0.15, 0.2) is 0 Å². The smallest absolute Gasteiger partial charge is 0.327 e. The predicted molar refractivity (Wildman–Crippen MR) is 79.7 cm³/mol. The first-order valence-corrected chi connectivity index (χ1v) is 8.46. The molecule has 2 rings (SSSR count). The number of aliphatic carboxylic acids is 1. The average molecular weight is 300 g/mol. The van der Waals surface area contributed by atoms with Crippen molar-refractivity contribution >= 4 is 23.8 Å². The Morgan fingerprint density at radius 3 is 2.65 bits per heavy atom. The van der Waals surface area contributed by atoms with Gasteiger partial charge in [-0.05, 0) is 37.5 Å². The first kappa shape index (κ1) is 15.5. The van der Waals surface area contributed by atoms with Crippen LogP contribution in [0.3, 0.4) is 0 Å². The minimum Gasteiger partial charge on any atom is -0.480 e. The molecule has 0 bridgehead atoms. The van der Waals surface area contributed by atoms with Crippen LogP contribution in [0.2, 0.25) is 0 Å². The van der Waals surface area contributed by atoms with Crippen LogP contribution < -0.4 is 5.32 Å². The van der Waals surface area contributed by atoms with Crippen molar-refractivity contribution in [1.29, 1.82) is 0 Å². The van der Waals surface area contributed by atoms with Gasteiger partial charge in [0.05, 0.1) is 5.37 Å². The van der Waals surface area contributed by atoms with Crippen molar-refractivity contribution in [2.75, 3.05) is 12.3 Å². The van der Waals surface area contributed by atoms with Crippen molar-refractivity contribution in [2.24, 2.45) is 11.8 Å². The number of rotatable bonds is 6. The molecule has 1 aliphatic heterocycles. The lowest BCUT2D eigenvalue weighted by Gasteiger charge is -2.27. The molecular formula is C14H24N2O3S. The highest BCUT2D eigenvalue weighted by molar-refractivity contribution is 8.00. The summed E-state index contributed by atoms with van der Waals surface area (Å²) in [4.78, 5) is 25.1. The van der Waals surface area contributed by atoms with Gasteiger partial charge in [0.25, 0.3) is 0 Å². The average Bonchev–Trinajstić information content (AvgIpc) is 3.12. The Hall–Kier alpha value is -0.910. The number of carbonyl (C=O) groups excluding carboxylic acids is 1. The molecule has 0 aromatic heterocycles. The van der Waals surface area contributed by atoms with Gasteiger partial charge in [-0.15, -0.1) is 11.8 Å². The van der Waals surface area contributed by atoms with Crippen LogP contribution in [-0.2, 0) is 4.79 Å². The molecular weight excluding hydrogens is 276 g/mol. The zero-order chi connectivity index (χ0) is 14.7. The fourth-order valence-corrected chi connectivity index (χ4v) is 4.15. The maximum Gasteiger partial charge on any atom is 0.327 e. The summed E-state index contributed by atoms with van der Waals surface area (Å²) in [6.45, 7) is 4.94. The molecule has 114 valence electrons. The van der Waals surface area contributed by atoms with Crippen molar-refractivity contribution in [3.8, 4) is 0 Å². The molecule has 6 heteroatoms. The fourth-order valence-electron chi connectivity index (χ4n) is 2.52. The van der Waals surface area contributed by atoms with Crippen LogP contribution in [0.15, 0.2) is 0 Å². The van der Waals surface area contributed by atoms with Gasteiger partial charge in [0.2, 0.25) is 0 Å². The van der Waals surface area contributed by atoms with E-state index < -0.39 is 12.0 Å². The van der Waals surface area contributed by atoms with E-state index in [0.717, 1.165) is 25.7 Å².